The molecule has 152 valence electrons. The van der Waals surface area contributed by atoms with Crippen LogP contribution in [-0.4, -0.2) is 45.6 Å². The number of carboxylic acids is 1. The predicted octanol–water partition coefficient (Wildman–Crippen LogP) is 3.78. The van der Waals surface area contributed by atoms with Crippen LogP contribution in [0.4, 0.5) is 0 Å². The lowest BCUT2D eigenvalue weighted by Gasteiger charge is -2.11. The molecule has 0 heterocycles. The van der Waals surface area contributed by atoms with Crippen LogP contribution >= 0.6 is 0 Å². The molecular weight excluding hydrogens is 384 g/mol. The highest BCUT2D eigenvalue weighted by molar-refractivity contribution is 7.90. The van der Waals surface area contributed by atoms with Crippen LogP contribution in [0.15, 0.2) is 47.4 Å². The SMILES string of the molecule is CCCCOCCOc1cc(Oc2ccc(S(C)(=O)=O)cc2)cc(C(=O)O)c1. The first-order valence-electron chi connectivity index (χ1n) is 8.86. The minimum Gasteiger partial charge on any atom is -0.491 e. The van der Waals surface area contributed by atoms with Gasteiger partial charge in [0.2, 0.25) is 0 Å². The lowest BCUT2D eigenvalue weighted by Crippen LogP contribution is -2.08. The van der Waals surface area contributed by atoms with Gasteiger partial charge in [0.25, 0.3) is 0 Å². The summed E-state index contributed by atoms with van der Waals surface area (Å²) in [7, 11) is -3.30. The molecule has 2 aromatic rings. The summed E-state index contributed by atoms with van der Waals surface area (Å²) >= 11 is 0. The fraction of sp³-hybridized carbons (Fsp3) is 0.350. The molecule has 0 aliphatic carbocycles. The smallest absolute Gasteiger partial charge is 0.335 e. The highest BCUT2D eigenvalue weighted by Crippen LogP contribution is 2.28. The molecule has 0 aliphatic rings. The summed E-state index contributed by atoms with van der Waals surface area (Å²) < 4.78 is 39.7. The Morgan fingerprint density at radius 1 is 0.964 bits per heavy atom. The highest BCUT2D eigenvalue weighted by atomic mass is 32.2. The highest BCUT2D eigenvalue weighted by Gasteiger charge is 2.11. The van der Waals surface area contributed by atoms with Gasteiger partial charge in [-0.1, -0.05) is 13.3 Å². The summed E-state index contributed by atoms with van der Waals surface area (Å²) in [6, 6.07) is 10.2. The Kier molecular flexibility index (Phi) is 7.83. The van der Waals surface area contributed by atoms with Gasteiger partial charge in [-0.25, -0.2) is 13.2 Å². The topological polar surface area (TPSA) is 99.1 Å². The number of hydrogen-bond donors (Lipinski definition) is 1. The molecule has 28 heavy (non-hydrogen) atoms. The van der Waals surface area contributed by atoms with Crippen LogP contribution in [0.1, 0.15) is 30.1 Å². The van der Waals surface area contributed by atoms with Crippen molar-refractivity contribution in [2.24, 2.45) is 0 Å². The molecule has 2 rings (SSSR count). The van der Waals surface area contributed by atoms with E-state index in [1.54, 1.807) is 6.07 Å². The van der Waals surface area contributed by atoms with Crippen molar-refractivity contribution in [1.82, 2.24) is 0 Å². The summed E-state index contributed by atoms with van der Waals surface area (Å²) in [6.45, 7) is 3.43. The van der Waals surface area contributed by atoms with Gasteiger partial charge in [0.1, 0.15) is 23.9 Å². The molecule has 2 aromatic carbocycles. The lowest BCUT2D eigenvalue weighted by atomic mass is 10.2. The number of carbonyl (C=O) groups is 1. The summed E-state index contributed by atoms with van der Waals surface area (Å²) in [5, 5.41) is 9.29. The predicted molar refractivity (Wildman–Crippen MR) is 104 cm³/mol. The van der Waals surface area contributed by atoms with Crippen molar-refractivity contribution < 1.29 is 32.5 Å². The van der Waals surface area contributed by atoms with Gasteiger partial charge in [-0.3, -0.25) is 0 Å². The van der Waals surface area contributed by atoms with Crippen LogP contribution in [-0.2, 0) is 14.6 Å². The molecule has 0 radical (unpaired) electrons. The monoisotopic (exact) mass is 408 g/mol. The van der Waals surface area contributed by atoms with Crippen molar-refractivity contribution in [3.63, 3.8) is 0 Å². The van der Waals surface area contributed by atoms with Gasteiger partial charge >= 0.3 is 5.97 Å². The molecule has 0 saturated heterocycles. The fourth-order valence-electron chi connectivity index (χ4n) is 2.30. The second kappa shape index (κ2) is 10.1. The van der Waals surface area contributed by atoms with Crippen molar-refractivity contribution in [2.75, 3.05) is 26.1 Å². The standard InChI is InChI=1S/C20H24O7S/c1-3-4-9-25-10-11-26-17-12-15(20(21)22)13-18(14-17)27-16-5-7-19(8-6-16)28(2,23)24/h5-8,12-14H,3-4,9-11H2,1-2H3,(H,21,22). The zero-order chi connectivity index (χ0) is 20.6. The van der Waals surface area contributed by atoms with Crippen LogP contribution in [0.5, 0.6) is 17.2 Å². The molecule has 7 nitrogen and oxygen atoms in total. The van der Waals surface area contributed by atoms with Gasteiger partial charge in [0.05, 0.1) is 17.1 Å². The average Bonchev–Trinajstić information content (AvgIpc) is 2.64. The molecule has 0 atom stereocenters. The Balaban J connectivity index is 2.08. The maximum Gasteiger partial charge on any atom is 0.335 e. The van der Waals surface area contributed by atoms with Crippen molar-refractivity contribution in [1.29, 1.82) is 0 Å². The first-order valence-corrected chi connectivity index (χ1v) is 10.8. The minimum absolute atomic E-state index is 0.0205. The van der Waals surface area contributed by atoms with E-state index in [0.29, 0.717) is 24.7 Å². The molecule has 0 saturated carbocycles. The van der Waals surface area contributed by atoms with Crippen molar-refractivity contribution in [3.05, 3.63) is 48.0 Å². The third kappa shape index (κ3) is 6.86. The Morgan fingerprint density at radius 2 is 1.64 bits per heavy atom. The summed E-state index contributed by atoms with van der Waals surface area (Å²) in [6.07, 6.45) is 3.15. The van der Waals surface area contributed by atoms with Crippen LogP contribution in [0.2, 0.25) is 0 Å². The van der Waals surface area contributed by atoms with E-state index in [-0.39, 0.29) is 22.8 Å². The van der Waals surface area contributed by atoms with Crippen LogP contribution in [0, 0.1) is 0 Å². The molecule has 0 unspecified atom stereocenters. The van der Waals surface area contributed by atoms with Crippen LogP contribution in [0.3, 0.4) is 0 Å². The molecule has 0 aromatic heterocycles. The number of benzene rings is 2. The van der Waals surface area contributed by atoms with Crippen molar-refractivity contribution in [3.8, 4) is 17.2 Å². The molecule has 0 spiro atoms. The van der Waals surface area contributed by atoms with E-state index >= 15 is 0 Å². The van der Waals surface area contributed by atoms with Gasteiger partial charge in [-0.2, -0.15) is 0 Å². The molecule has 0 aliphatic heterocycles. The van der Waals surface area contributed by atoms with Crippen LogP contribution in [0.25, 0.3) is 0 Å². The number of hydrogen-bond acceptors (Lipinski definition) is 6. The Hall–Kier alpha value is -2.58. The Morgan fingerprint density at radius 3 is 2.25 bits per heavy atom. The average molecular weight is 408 g/mol. The van der Waals surface area contributed by atoms with Gasteiger partial charge in [-0.15, -0.1) is 0 Å². The number of sulfone groups is 1. The maximum absolute atomic E-state index is 11.5. The molecule has 1 N–H and O–H groups in total. The third-order valence-electron chi connectivity index (χ3n) is 3.75. The normalized spacial score (nSPS) is 11.2. The zero-order valence-electron chi connectivity index (χ0n) is 15.9. The molecule has 8 heteroatoms. The fourth-order valence-corrected chi connectivity index (χ4v) is 2.93. The number of carboxylic acid groups (broad SMARTS) is 1. The molecule has 0 fully saturated rings. The second-order valence-corrected chi connectivity index (χ2v) is 8.17. The van der Waals surface area contributed by atoms with Gasteiger partial charge in [0.15, 0.2) is 9.84 Å². The second-order valence-electron chi connectivity index (χ2n) is 6.16. The number of aromatic carboxylic acids is 1. The first-order chi connectivity index (χ1) is 13.3. The van der Waals surface area contributed by atoms with E-state index < -0.39 is 15.8 Å². The van der Waals surface area contributed by atoms with Crippen molar-refractivity contribution >= 4 is 15.8 Å². The Labute approximate surface area is 164 Å². The van der Waals surface area contributed by atoms with E-state index in [1.807, 2.05) is 0 Å². The van der Waals surface area contributed by atoms with E-state index in [9.17, 15) is 18.3 Å². The number of ether oxygens (including phenoxy) is 3. The summed E-state index contributed by atoms with van der Waals surface area (Å²) in [5.74, 6) is -0.110. The van der Waals surface area contributed by atoms with Gasteiger partial charge in [-0.05, 0) is 42.8 Å². The molecule has 0 bridgehead atoms. The summed E-state index contributed by atoms with van der Waals surface area (Å²) in [4.78, 5) is 11.5. The zero-order valence-corrected chi connectivity index (χ0v) is 16.7. The van der Waals surface area contributed by atoms with E-state index in [2.05, 4.69) is 6.92 Å². The van der Waals surface area contributed by atoms with Gasteiger partial charge in [0, 0.05) is 18.9 Å². The number of unbranched alkanes of at least 4 members (excludes halogenated alkanes) is 1. The largest absolute Gasteiger partial charge is 0.491 e. The third-order valence-corrected chi connectivity index (χ3v) is 4.88. The first kappa shape index (κ1) is 21.7. The van der Waals surface area contributed by atoms with E-state index in [1.165, 1.54) is 36.4 Å². The van der Waals surface area contributed by atoms with Crippen molar-refractivity contribution in [2.45, 2.75) is 24.7 Å². The van der Waals surface area contributed by atoms with Crippen LogP contribution < -0.4 is 9.47 Å². The maximum atomic E-state index is 11.5. The summed E-state index contributed by atoms with van der Waals surface area (Å²) in [5.41, 5.74) is 0.0205. The van der Waals surface area contributed by atoms with E-state index in [0.717, 1.165) is 19.1 Å². The Bertz CT molecular complexity index is 889. The quantitative estimate of drug-likeness (QED) is 0.565. The van der Waals surface area contributed by atoms with Gasteiger partial charge < -0.3 is 19.3 Å². The molecular formula is C20H24O7S. The molecule has 0 amide bonds. The minimum atomic E-state index is -3.30. The lowest BCUT2D eigenvalue weighted by molar-refractivity contribution is 0.0695. The van der Waals surface area contributed by atoms with E-state index in [4.69, 9.17) is 14.2 Å². The number of rotatable bonds is 11.